The topological polar surface area (TPSA) is 26.0 Å². The summed E-state index contributed by atoms with van der Waals surface area (Å²) >= 11 is 0. The van der Waals surface area contributed by atoms with Crippen molar-refractivity contribution in [2.75, 3.05) is 0 Å². The molecule has 0 aromatic heterocycles. The van der Waals surface area contributed by atoms with Gasteiger partial charge in [0.1, 0.15) is 5.82 Å². The maximum absolute atomic E-state index is 13.6. The molecule has 1 aliphatic rings. The van der Waals surface area contributed by atoms with Crippen molar-refractivity contribution in [1.29, 1.82) is 0 Å². The second-order valence-electron chi connectivity index (χ2n) is 6.09. The van der Waals surface area contributed by atoms with Gasteiger partial charge in [0.05, 0.1) is 0 Å². The molecule has 0 aliphatic heterocycles. The molecular weight excluding hydrogens is 225 g/mol. The Bertz CT molecular complexity index is 406. The average molecular weight is 249 g/mol. The van der Waals surface area contributed by atoms with Crippen molar-refractivity contribution in [2.45, 2.75) is 57.9 Å². The van der Waals surface area contributed by atoms with Crippen molar-refractivity contribution in [3.05, 3.63) is 35.1 Å². The van der Waals surface area contributed by atoms with Crippen molar-refractivity contribution in [1.82, 2.24) is 0 Å². The molecule has 0 spiro atoms. The Labute approximate surface area is 110 Å². The highest BCUT2D eigenvalue weighted by atomic mass is 19.1. The summed E-state index contributed by atoms with van der Waals surface area (Å²) in [5, 5.41) is 0. The maximum Gasteiger partial charge on any atom is 0.126 e. The van der Waals surface area contributed by atoms with E-state index in [1.54, 1.807) is 13.0 Å². The zero-order chi connectivity index (χ0) is 13.2. The van der Waals surface area contributed by atoms with Crippen LogP contribution in [0.1, 0.15) is 56.6 Å². The predicted molar refractivity (Wildman–Crippen MR) is 73.9 cm³/mol. The van der Waals surface area contributed by atoms with Crippen LogP contribution in [0.3, 0.4) is 0 Å². The van der Waals surface area contributed by atoms with Crippen LogP contribution < -0.4 is 5.73 Å². The zero-order valence-corrected chi connectivity index (χ0v) is 11.5. The van der Waals surface area contributed by atoms with Gasteiger partial charge in [-0.15, -0.1) is 0 Å². The van der Waals surface area contributed by atoms with E-state index in [1.807, 2.05) is 19.1 Å². The Morgan fingerprint density at radius 1 is 1.28 bits per heavy atom. The predicted octanol–water partition coefficient (Wildman–Crippen LogP) is 4.28. The van der Waals surface area contributed by atoms with Gasteiger partial charge < -0.3 is 5.73 Å². The van der Waals surface area contributed by atoms with Crippen molar-refractivity contribution in [3.63, 3.8) is 0 Å². The summed E-state index contributed by atoms with van der Waals surface area (Å²) in [5.41, 5.74) is 7.63. The lowest BCUT2D eigenvalue weighted by atomic mass is 9.77. The van der Waals surface area contributed by atoms with Gasteiger partial charge >= 0.3 is 0 Å². The number of hydrogen-bond acceptors (Lipinski definition) is 1. The number of nitrogens with two attached hydrogens (primary N) is 1. The van der Waals surface area contributed by atoms with Gasteiger partial charge in [0.25, 0.3) is 0 Å². The Hall–Kier alpha value is -0.890. The number of benzene rings is 1. The van der Waals surface area contributed by atoms with E-state index in [0.29, 0.717) is 11.5 Å². The van der Waals surface area contributed by atoms with E-state index in [4.69, 9.17) is 5.73 Å². The molecule has 0 amide bonds. The van der Waals surface area contributed by atoms with Crippen LogP contribution in [-0.4, -0.2) is 0 Å². The zero-order valence-electron chi connectivity index (χ0n) is 11.5. The summed E-state index contributed by atoms with van der Waals surface area (Å²) in [6.45, 7) is 3.82. The van der Waals surface area contributed by atoms with Gasteiger partial charge in [0, 0.05) is 5.54 Å². The molecule has 1 atom stereocenters. The van der Waals surface area contributed by atoms with Crippen LogP contribution in [0, 0.1) is 18.7 Å². The molecule has 1 fully saturated rings. The summed E-state index contributed by atoms with van der Waals surface area (Å²) in [6, 6.07) is 5.41. The van der Waals surface area contributed by atoms with Gasteiger partial charge in [-0.3, -0.25) is 0 Å². The first kappa shape index (κ1) is 13.5. The summed E-state index contributed by atoms with van der Waals surface area (Å²) < 4.78 is 13.6. The third-order valence-corrected chi connectivity index (χ3v) is 4.27. The van der Waals surface area contributed by atoms with Crippen molar-refractivity contribution < 1.29 is 4.39 Å². The van der Waals surface area contributed by atoms with E-state index in [9.17, 15) is 4.39 Å². The number of halogens is 1. The molecule has 1 nitrogen and oxygen atoms in total. The second-order valence-corrected chi connectivity index (χ2v) is 6.09. The molecular formula is C16H24FN. The van der Waals surface area contributed by atoms with Crippen LogP contribution in [0.25, 0.3) is 0 Å². The van der Waals surface area contributed by atoms with Crippen LogP contribution >= 0.6 is 0 Å². The molecule has 100 valence electrons. The van der Waals surface area contributed by atoms with Crippen molar-refractivity contribution in [2.24, 2.45) is 11.7 Å². The third-order valence-electron chi connectivity index (χ3n) is 4.27. The van der Waals surface area contributed by atoms with E-state index in [2.05, 4.69) is 0 Å². The van der Waals surface area contributed by atoms with Crippen LogP contribution in [0.2, 0.25) is 0 Å². The highest BCUT2D eigenvalue weighted by molar-refractivity contribution is 5.28. The average Bonchev–Trinajstić information content (AvgIpc) is 2.33. The Morgan fingerprint density at radius 2 is 1.94 bits per heavy atom. The Morgan fingerprint density at radius 3 is 2.56 bits per heavy atom. The largest absolute Gasteiger partial charge is 0.322 e. The van der Waals surface area contributed by atoms with Gasteiger partial charge in [-0.1, -0.05) is 44.2 Å². The fourth-order valence-corrected chi connectivity index (χ4v) is 3.06. The maximum atomic E-state index is 13.6. The lowest BCUT2D eigenvalue weighted by Gasteiger charge is -2.32. The molecule has 0 bridgehead atoms. The first-order chi connectivity index (χ1) is 8.49. The monoisotopic (exact) mass is 249 g/mol. The minimum Gasteiger partial charge on any atom is -0.322 e. The molecule has 2 N–H and O–H groups in total. The van der Waals surface area contributed by atoms with Crippen LogP contribution in [0.4, 0.5) is 4.39 Å². The van der Waals surface area contributed by atoms with E-state index >= 15 is 0 Å². The lowest BCUT2D eigenvalue weighted by Crippen LogP contribution is -2.36. The smallest absolute Gasteiger partial charge is 0.126 e. The number of hydrogen-bond donors (Lipinski definition) is 1. The molecule has 2 rings (SSSR count). The third kappa shape index (κ3) is 3.11. The van der Waals surface area contributed by atoms with Crippen molar-refractivity contribution >= 4 is 0 Å². The molecule has 1 aromatic rings. The second kappa shape index (κ2) is 5.40. The minimum absolute atomic E-state index is 0.146. The fraction of sp³-hybridized carbons (Fsp3) is 0.625. The molecule has 1 aliphatic carbocycles. The molecule has 0 saturated heterocycles. The van der Waals surface area contributed by atoms with Crippen molar-refractivity contribution in [3.8, 4) is 0 Å². The van der Waals surface area contributed by atoms with Crippen LogP contribution in [0.5, 0.6) is 0 Å². The summed E-state index contributed by atoms with van der Waals surface area (Å²) in [6.07, 6.45) is 7.53. The molecule has 1 aromatic carbocycles. The number of aryl methyl sites for hydroxylation is 1. The normalized spacial score (nSPS) is 20.7. The summed E-state index contributed by atoms with van der Waals surface area (Å²) in [5.74, 6) is 0.561. The first-order valence-corrected chi connectivity index (χ1v) is 7.04. The number of rotatable bonds is 3. The van der Waals surface area contributed by atoms with E-state index in [-0.39, 0.29) is 5.82 Å². The van der Waals surface area contributed by atoms with Gasteiger partial charge in [-0.05, 0) is 43.4 Å². The molecule has 1 saturated carbocycles. The van der Waals surface area contributed by atoms with Crippen LogP contribution in [0.15, 0.2) is 18.2 Å². The quantitative estimate of drug-likeness (QED) is 0.850. The van der Waals surface area contributed by atoms with Crippen LogP contribution in [-0.2, 0) is 5.54 Å². The van der Waals surface area contributed by atoms with E-state index in [1.165, 1.54) is 32.1 Å². The molecule has 0 radical (unpaired) electrons. The molecule has 0 heterocycles. The van der Waals surface area contributed by atoms with Gasteiger partial charge in [0.2, 0.25) is 0 Å². The summed E-state index contributed by atoms with van der Waals surface area (Å²) in [7, 11) is 0. The molecule has 2 heteroatoms. The first-order valence-electron chi connectivity index (χ1n) is 7.04. The SMILES string of the molecule is Cc1ccc(C(C)(N)CC2CCCCC2)cc1F. The van der Waals surface area contributed by atoms with Gasteiger partial charge in [0.15, 0.2) is 0 Å². The highest BCUT2D eigenvalue weighted by Gasteiger charge is 2.27. The highest BCUT2D eigenvalue weighted by Crippen LogP contribution is 2.34. The Balaban J connectivity index is 2.10. The lowest BCUT2D eigenvalue weighted by molar-refractivity contribution is 0.271. The Kier molecular flexibility index (Phi) is 4.06. The summed E-state index contributed by atoms with van der Waals surface area (Å²) in [4.78, 5) is 0. The minimum atomic E-state index is -0.406. The fourth-order valence-electron chi connectivity index (χ4n) is 3.06. The van der Waals surface area contributed by atoms with E-state index in [0.717, 1.165) is 12.0 Å². The molecule has 1 unspecified atom stereocenters. The van der Waals surface area contributed by atoms with E-state index < -0.39 is 5.54 Å². The van der Waals surface area contributed by atoms with Gasteiger partial charge in [-0.2, -0.15) is 0 Å². The standard InChI is InChI=1S/C16H24FN/c1-12-8-9-14(10-15(12)17)16(2,18)11-13-6-4-3-5-7-13/h8-10,13H,3-7,11,18H2,1-2H3. The molecule has 18 heavy (non-hydrogen) atoms. The van der Waals surface area contributed by atoms with Gasteiger partial charge in [-0.25, -0.2) is 4.39 Å².